The van der Waals surface area contributed by atoms with E-state index in [-0.39, 0.29) is 0 Å². The maximum Gasteiger partial charge on any atom is 0.414 e. The molecule has 0 bridgehead atoms. The Morgan fingerprint density at radius 1 is 1.20 bits per heavy atom. The molecule has 3 aliphatic rings. The van der Waals surface area contributed by atoms with Crippen molar-refractivity contribution in [2.24, 2.45) is 0 Å². The number of aliphatic carboxylic acids is 2. The van der Waals surface area contributed by atoms with Crippen molar-refractivity contribution in [2.75, 3.05) is 13.2 Å². The second-order valence-corrected chi connectivity index (χ2v) is 6.40. The molecule has 3 N–H and O–H groups in total. The van der Waals surface area contributed by atoms with Gasteiger partial charge in [0.25, 0.3) is 0 Å². The van der Waals surface area contributed by atoms with E-state index in [4.69, 9.17) is 24.5 Å². The Morgan fingerprint density at radius 2 is 1.92 bits per heavy atom. The number of allylic oxidation sites excluding steroid dienone is 1. The van der Waals surface area contributed by atoms with Crippen LogP contribution in [0.5, 0.6) is 5.75 Å². The van der Waals surface area contributed by atoms with E-state index in [0.717, 1.165) is 36.0 Å². The van der Waals surface area contributed by atoms with Gasteiger partial charge in [0.2, 0.25) is 0 Å². The number of nitrogens with one attached hydrogen (secondary N) is 1. The number of ether oxygens (including phenoxy) is 1. The molecule has 132 valence electrons. The zero-order valence-corrected chi connectivity index (χ0v) is 13.7. The van der Waals surface area contributed by atoms with Crippen LogP contribution in [0.2, 0.25) is 0 Å². The van der Waals surface area contributed by atoms with Crippen LogP contribution in [0.15, 0.2) is 48.4 Å². The highest BCUT2D eigenvalue weighted by atomic mass is 16.5. The van der Waals surface area contributed by atoms with Gasteiger partial charge in [0.05, 0.1) is 0 Å². The molecule has 1 saturated carbocycles. The highest BCUT2D eigenvalue weighted by molar-refractivity contribution is 6.27. The monoisotopic (exact) mass is 345 g/mol. The molecule has 2 aliphatic heterocycles. The first kappa shape index (κ1) is 17.2. The zero-order valence-electron chi connectivity index (χ0n) is 13.7. The summed E-state index contributed by atoms with van der Waals surface area (Å²) in [4.78, 5) is 18.2. The van der Waals surface area contributed by atoms with Crippen LogP contribution in [0.3, 0.4) is 0 Å². The minimum atomic E-state index is -1.82. The minimum absolute atomic E-state index is 0.744. The molecule has 25 heavy (non-hydrogen) atoms. The van der Waals surface area contributed by atoms with Crippen LogP contribution in [0.4, 0.5) is 0 Å². The van der Waals surface area contributed by atoms with Crippen molar-refractivity contribution < 1.29 is 29.0 Å². The van der Waals surface area contributed by atoms with E-state index in [1.54, 1.807) is 0 Å². The van der Waals surface area contributed by atoms with Crippen LogP contribution in [0.25, 0.3) is 0 Å². The van der Waals surface area contributed by atoms with E-state index in [9.17, 15) is 0 Å². The number of rotatable bonds is 3. The lowest BCUT2D eigenvalue weighted by atomic mass is 10.1. The number of nitrogens with zero attached hydrogens (tertiary/aromatic N) is 1. The third-order valence-corrected chi connectivity index (χ3v) is 4.49. The Bertz CT molecular complexity index is 727. The molecule has 7 nitrogen and oxygen atoms in total. The van der Waals surface area contributed by atoms with Gasteiger partial charge < -0.3 is 14.9 Å². The SMILES string of the molecule is C1=CC2=COc3ccccc3C[N+]2(CNC2CC2)C1.O=C(O)C(=O)O. The number of carboxylic acid groups (broad SMARTS) is 2. The second-order valence-electron chi connectivity index (χ2n) is 6.40. The smallest absolute Gasteiger partial charge is 0.414 e. The predicted octanol–water partition coefficient (Wildman–Crippen LogP) is 1.67. The van der Waals surface area contributed by atoms with Gasteiger partial charge in [-0.15, -0.1) is 0 Å². The number of hydrogen-bond donors (Lipinski definition) is 3. The van der Waals surface area contributed by atoms with Crippen molar-refractivity contribution in [1.29, 1.82) is 0 Å². The third-order valence-electron chi connectivity index (χ3n) is 4.49. The summed E-state index contributed by atoms with van der Waals surface area (Å²) in [6.45, 7) is 3.07. The first-order valence-corrected chi connectivity index (χ1v) is 8.18. The zero-order chi connectivity index (χ0) is 17.9. The fourth-order valence-electron chi connectivity index (χ4n) is 2.95. The van der Waals surface area contributed by atoms with E-state index in [1.807, 2.05) is 12.3 Å². The predicted molar refractivity (Wildman–Crippen MR) is 89.4 cm³/mol. The molecule has 0 spiro atoms. The summed E-state index contributed by atoms with van der Waals surface area (Å²) in [6, 6.07) is 9.12. The van der Waals surface area contributed by atoms with Crippen LogP contribution in [0.1, 0.15) is 18.4 Å². The van der Waals surface area contributed by atoms with E-state index in [1.165, 1.54) is 24.1 Å². The van der Waals surface area contributed by atoms with Gasteiger partial charge in [-0.25, -0.2) is 9.59 Å². The first-order valence-electron chi connectivity index (χ1n) is 8.18. The summed E-state index contributed by atoms with van der Waals surface area (Å²) in [5.41, 5.74) is 2.58. The number of fused-ring (bicyclic) bond motifs is 2. The van der Waals surface area contributed by atoms with Gasteiger partial charge in [0.1, 0.15) is 25.5 Å². The molecule has 1 unspecified atom stereocenters. The fraction of sp³-hybridized carbons (Fsp3) is 0.333. The summed E-state index contributed by atoms with van der Waals surface area (Å²) in [7, 11) is 0. The van der Waals surface area contributed by atoms with Gasteiger partial charge in [-0.05, 0) is 31.1 Å². The van der Waals surface area contributed by atoms with Crippen molar-refractivity contribution >= 4 is 11.9 Å². The van der Waals surface area contributed by atoms with Gasteiger partial charge in [-0.3, -0.25) is 9.80 Å². The lowest BCUT2D eigenvalue weighted by Gasteiger charge is -2.34. The molecule has 1 atom stereocenters. The average molecular weight is 345 g/mol. The molecule has 0 radical (unpaired) electrons. The Morgan fingerprint density at radius 3 is 2.60 bits per heavy atom. The minimum Gasteiger partial charge on any atom is -0.473 e. The Labute approximate surface area is 145 Å². The Balaban J connectivity index is 0.000000265. The molecule has 1 aliphatic carbocycles. The summed E-state index contributed by atoms with van der Waals surface area (Å²) in [6.07, 6.45) is 9.07. The number of carboxylic acids is 2. The number of benzene rings is 1. The summed E-state index contributed by atoms with van der Waals surface area (Å²) in [5, 5.41) is 18.5. The second kappa shape index (κ2) is 7.08. The molecular weight excluding hydrogens is 324 g/mol. The molecule has 0 aromatic heterocycles. The standard InChI is InChI=1S/C16H19N2O.C2H2O4/c1-2-6-16-13(4-1)10-18(12-17-14-7-8-14)9-3-5-15(18)11-19-16;3-1(4)2(5)6/h1-6,11,14,17H,7-10,12H2;(H,3,4)(H,5,6)/q+1;. The highest BCUT2D eigenvalue weighted by Gasteiger charge is 2.38. The maximum atomic E-state index is 9.10. The molecule has 7 heteroatoms. The molecule has 0 amide bonds. The third kappa shape index (κ3) is 4.07. The van der Waals surface area contributed by atoms with Crippen molar-refractivity contribution in [3.63, 3.8) is 0 Å². The molecule has 0 saturated heterocycles. The van der Waals surface area contributed by atoms with Gasteiger partial charge in [-0.2, -0.15) is 0 Å². The average Bonchev–Trinajstić information content (AvgIpc) is 3.37. The van der Waals surface area contributed by atoms with Gasteiger partial charge >= 0.3 is 11.9 Å². The van der Waals surface area contributed by atoms with E-state index < -0.39 is 11.9 Å². The van der Waals surface area contributed by atoms with Crippen molar-refractivity contribution in [1.82, 2.24) is 5.32 Å². The molecule has 1 fully saturated rings. The van der Waals surface area contributed by atoms with Crippen molar-refractivity contribution in [3.8, 4) is 5.75 Å². The van der Waals surface area contributed by atoms with Crippen molar-refractivity contribution in [3.05, 3.63) is 53.9 Å². The van der Waals surface area contributed by atoms with Crippen LogP contribution >= 0.6 is 0 Å². The van der Waals surface area contributed by atoms with Crippen molar-refractivity contribution in [2.45, 2.75) is 25.4 Å². The van der Waals surface area contributed by atoms with Crippen LogP contribution in [-0.2, 0) is 16.1 Å². The number of quaternary nitrogens is 1. The number of para-hydroxylation sites is 1. The summed E-state index contributed by atoms with van der Waals surface area (Å²) in [5.74, 6) is -2.65. The lowest BCUT2D eigenvalue weighted by molar-refractivity contribution is -0.895. The van der Waals surface area contributed by atoms with Crippen LogP contribution < -0.4 is 10.1 Å². The fourth-order valence-corrected chi connectivity index (χ4v) is 2.95. The highest BCUT2D eigenvalue weighted by Crippen LogP contribution is 2.35. The number of carbonyl (C=O) groups is 2. The molecule has 1 aromatic carbocycles. The molecule has 2 heterocycles. The summed E-state index contributed by atoms with van der Waals surface area (Å²) < 4.78 is 6.81. The van der Waals surface area contributed by atoms with Crippen LogP contribution in [-0.4, -0.2) is 45.9 Å². The number of hydrogen-bond acceptors (Lipinski definition) is 4. The quantitative estimate of drug-likeness (QED) is 0.570. The lowest BCUT2D eigenvalue weighted by Crippen LogP contribution is -2.49. The van der Waals surface area contributed by atoms with E-state index in [2.05, 4.69) is 35.7 Å². The molecule has 1 aromatic rings. The molecule has 4 rings (SSSR count). The topological polar surface area (TPSA) is 95.9 Å². The van der Waals surface area contributed by atoms with Gasteiger partial charge in [-0.1, -0.05) is 12.1 Å². The maximum absolute atomic E-state index is 9.10. The normalized spacial score (nSPS) is 23.1. The molecular formula is C18H21N2O5+. The Kier molecular flexibility index (Phi) is 4.87. The first-order chi connectivity index (χ1) is 12.0. The largest absolute Gasteiger partial charge is 0.473 e. The van der Waals surface area contributed by atoms with E-state index in [0.29, 0.717) is 0 Å². The van der Waals surface area contributed by atoms with Gasteiger partial charge in [0.15, 0.2) is 12.0 Å². The summed E-state index contributed by atoms with van der Waals surface area (Å²) >= 11 is 0. The van der Waals surface area contributed by atoms with Crippen LogP contribution in [0, 0.1) is 0 Å². The van der Waals surface area contributed by atoms with E-state index >= 15 is 0 Å². The Hall–Kier alpha value is -2.64. The van der Waals surface area contributed by atoms with Gasteiger partial charge in [0, 0.05) is 17.7 Å².